The Balaban J connectivity index is 2.42. The molecule has 0 saturated carbocycles. The van der Waals surface area contributed by atoms with Gasteiger partial charge in [0.05, 0.1) is 6.61 Å². The highest BCUT2D eigenvalue weighted by atomic mass is 16.6. The summed E-state index contributed by atoms with van der Waals surface area (Å²) in [7, 11) is 1.57. The Morgan fingerprint density at radius 2 is 2.06 bits per heavy atom. The lowest BCUT2D eigenvalue weighted by Crippen LogP contribution is -2.18. The molecule has 0 N–H and O–H groups in total. The predicted molar refractivity (Wildman–Crippen MR) is 62.9 cm³/mol. The van der Waals surface area contributed by atoms with E-state index >= 15 is 0 Å². The van der Waals surface area contributed by atoms with E-state index in [4.69, 9.17) is 9.47 Å². The highest BCUT2D eigenvalue weighted by molar-refractivity contribution is 5.87. The predicted octanol–water partition coefficient (Wildman–Crippen LogP) is 2.28. The van der Waals surface area contributed by atoms with Crippen LogP contribution in [0.1, 0.15) is 12.5 Å². The van der Waals surface area contributed by atoms with Gasteiger partial charge in [0.25, 0.3) is 0 Å². The van der Waals surface area contributed by atoms with Crippen molar-refractivity contribution in [3.63, 3.8) is 0 Å². The number of hydrogen-bond donors (Lipinski definition) is 0. The molecule has 0 bridgehead atoms. The summed E-state index contributed by atoms with van der Waals surface area (Å²) in [4.78, 5) is 11.3. The van der Waals surface area contributed by atoms with Crippen LogP contribution in [-0.4, -0.2) is 25.8 Å². The Labute approximate surface area is 95.7 Å². The van der Waals surface area contributed by atoms with Crippen molar-refractivity contribution in [3.05, 3.63) is 42.0 Å². The Morgan fingerprint density at radius 1 is 1.38 bits per heavy atom. The van der Waals surface area contributed by atoms with E-state index in [9.17, 15) is 4.79 Å². The van der Waals surface area contributed by atoms with Crippen LogP contribution in [0, 0.1) is 0 Å². The van der Waals surface area contributed by atoms with Crippen LogP contribution in [-0.2, 0) is 14.3 Å². The summed E-state index contributed by atoms with van der Waals surface area (Å²) < 4.78 is 9.93. The Kier molecular flexibility index (Phi) is 5.29. The third kappa shape index (κ3) is 4.75. The lowest BCUT2D eigenvalue weighted by Gasteiger charge is -2.09. The van der Waals surface area contributed by atoms with Crippen LogP contribution in [0.3, 0.4) is 0 Å². The minimum atomic E-state index is -0.353. The van der Waals surface area contributed by atoms with Crippen molar-refractivity contribution in [2.75, 3.05) is 13.7 Å². The van der Waals surface area contributed by atoms with E-state index in [0.717, 1.165) is 5.56 Å². The molecule has 0 aliphatic carbocycles. The highest BCUT2D eigenvalue weighted by Gasteiger charge is 2.05. The molecule has 1 aromatic carbocycles. The second-order valence-corrected chi connectivity index (χ2v) is 3.45. The molecule has 0 aromatic heterocycles. The summed E-state index contributed by atoms with van der Waals surface area (Å²) in [6, 6.07) is 9.60. The minimum Gasteiger partial charge on any atom is -0.457 e. The van der Waals surface area contributed by atoms with Gasteiger partial charge in [0.1, 0.15) is 6.10 Å². The summed E-state index contributed by atoms with van der Waals surface area (Å²) >= 11 is 0. The van der Waals surface area contributed by atoms with Crippen molar-refractivity contribution >= 4 is 12.0 Å². The topological polar surface area (TPSA) is 35.5 Å². The largest absolute Gasteiger partial charge is 0.457 e. The lowest BCUT2D eigenvalue weighted by atomic mass is 10.2. The molecule has 16 heavy (non-hydrogen) atoms. The van der Waals surface area contributed by atoms with Crippen molar-refractivity contribution < 1.29 is 14.3 Å². The molecule has 1 rings (SSSR count). The number of ether oxygens (including phenoxy) is 2. The van der Waals surface area contributed by atoms with Crippen LogP contribution >= 0.6 is 0 Å². The molecule has 1 atom stereocenters. The van der Waals surface area contributed by atoms with Crippen LogP contribution in [0.5, 0.6) is 0 Å². The standard InChI is InChI=1S/C13H16O3/c1-11(10-15-2)16-13(14)9-8-12-6-4-3-5-7-12/h3-9,11H,10H2,1-2H3/b9-8+. The van der Waals surface area contributed by atoms with Gasteiger partial charge in [0.15, 0.2) is 0 Å². The molecule has 86 valence electrons. The quantitative estimate of drug-likeness (QED) is 0.564. The molecule has 3 nitrogen and oxygen atoms in total. The average Bonchev–Trinajstić information content (AvgIpc) is 2.28. The maximum atomic E-state index is 11.3. The molecule has 1 aromatic rings. The van der Waals surface area contributed by atoms with Crippen LogP contribution in [0.2, 0.25) is 0 Å². The Bertz CT molecular complexity index is 343. The van der Waals surface area contributed by atoms with Crippen molar-refractivity contribution in [2.24, 2.45) is 0 Å². The lowest BCUT2D eigenvalue weighted by molar-refractivity contribution is -0.144. The van der Waals surface area contributed by atoms with Crippen molar-refractivity contribution in [3.8, 4) is 0 Å². The smallest absolute Gasteiger partial charge is 0.331 e. The fourth-order valence-electron chi connectivity index (χ4n) is 1.23. The van der Waals surface area contributed by atoms with E-state index in [0.29, 0.717) is 6.61 Å². The monoisotopic (exact) mass is 220 g/mol. The van der Waals surface area contributed by atoms with Gasteiger partial charge in [-0.05, 0) is 18.6 Å². The summed E-state index contributed by atoms with van der Waals surface area (Å²) in [6.45, 7) is 2.20. The molecule has 3 heteroatoms. The molecule has 0 radical (unpaired) electrons. The van der Waals surface area contributed by atoms with Crippen molar-refractivity contribution in [1.29, 1.82) is 0 Å². The molecule has 0 amide bonds. The van der Waals surface area contributed by atoms with Gasteiger partial charge in [-0.15, -0.1) is 0 Å². The van der Waals surface area contributed by atoms with E-state index in [1.54, 1.807) is 20.1 Å². The first-order chi connectivity index (χ1) is 7.72. The summed E-state index contributed by atoms with van der Waals surface area (Å²) in [5.41, 5.74) is 0.971. The minimum absolute atomic E-state index is 0.224. The van der Waals surface area contributed by atoms with Gasteiger partial charge < -0.3 is 9.47 Å². The molecule has 0 aliphatic rings. The van der Waals surface area contributed by atoms with E-state index in [1.807, 2.05) is 30.3 Å². The van der Waals surface area contributed by atoms with E-state index < -0.39 is 0 Å². The van der Waals surface area contributed by atoms with Gasteiger partial charge in [-0.1, -0.05) is 30.3 Å². The number of rotatable bonds is 5. The second kappa shape index (κ2) is 6.80. The van der Waals surface area contributed by atoms with Crippen molar-refractivity contribution in [1.82, 2.24) is 0 Å². The normalized spacial score (nSPS) is 12.6. The number of hydrogen-bond acceptors (Lipinski definition) is 3. The highest BCUT2D eigenvalue weighted by Crippen LogP contribution is 2.02. The van der Waals surface area contributed by atoms with E-state index in [-0.39, 0.29) is 12.1 Å². The molecule has 0 spiro atoms. The van der Waals surface area contributed by atoms with Gasteiger partial charge >= 0.3 is 5.97 Å². The van der Waals surface area contributed by atoms with E-state index in [2.05, 4.69) is 0 Å². The number of methoxy groups -OCH3 is 1. The Morgan fingerprint density at radius 3 is 2.69 bits per heavy atom. The van der Waals surface area contributed by atoms with Crippen molar-refractivity contribution in [2.45, 2.75) is 13.0 Å². The third-order valence-corrected chi connectivity index (χ3v) is 1.93. The third-order valence-electron chi connectivity index (χ3n) is 1.93. The summed E-state index contributed by atoms with van der Waals surface area (Å²) in [5.74, 6) is -0.353. The first-order valence-corrected chi connectivity index (χ1v) is 5.15. The Hall–Kier alpha value is -1.61. The summed E-state index contributed by atoms with van der Waals surface area (Å²) in [5, 5.41) is 0. The molecular weight excluding hydrogens is 204 g/mol. The number of carbonyl (C=O) groups is 1. The fraction of sp³-hybridized carbons (Fsp3) is 0.308. The van der Waals surface area contributed by atoms with Gasteiger partial charge in [-0.3, -0.25) is 0 Å². The fourth-order valence-corrected chi connectivity index (χ4v) is 1.23. The molecule has 0 aliphatic heterocycles. The van der Waals surface area contributed by atoms with Gasteiger partial charge in [0, 0.05) is 13.2 Å². The molecule has 0 fully saturated rings. The molecule has 0 heterocycles. The maximum absolute atomic E-state index is 11.3. The zero-order valence-corrected chi connectivity index (χ0v) is 9.55. The molecule has 0 saturated heterocycles. The van der Waals surface area contributed by atoms with Crippen LogP contribution in [0.25, 0.3) is 6.08 Å². The van der Waals surface area contributed by atoms with Gasteiger partial charge in [-0.2, -0.15) is 0 Å². The zero-order chi connectivity index (χ0) is 11.8. The first-order valence-electron chi connectivity index (χ1n) is 5.15. The van der Waals surface area contributed by atoms with E-state index in [1.165, 1.54) is 6.08 Å². The van der Waals surface area contributed by atoms with Crippen LogP contribution < -0.4 is 0 Å². The summed E-state index contributed by atoms with van der Waals surface area (Å²) in [6.07, 6.45) is 2.92. The number of carbonyl (C=O) groups excluding carboxylic acids is 1. The van der Waals surface area contributed by atoms with Crippen LogP contribution in [0.4, 0.5) is 0 Å². The maximum Gasteiger partial charge on any atom is 0.331 e. The second-order valence-electron chi connectivity index (χ2n) is 3.45. The zero-order valence-electron chi connectivity index (χ0n) is 9.55. The van der Waals surface area contributed by atoms with Crippen LogP contribution in [0.15, 0.2) is 36.4 Å². The number of esters is 1. The number of benzene rings is 1. The van der Waals surface area contributed by atoms with Gasteiger partial charge in [0.2, 0.25) is 0 Å². The average molecular weight is 220 g/mol. The molecule has 1 unspecified atom stereocenters. The van der Waals surface area contributed by atoms with Gasteiger partial charge in [-0.25, -0.2) is 4.79 Å². The first kappa shape index (κ1) is 12.5. The molecular formula is C13H16O3. The SMILES string of the molecule is COCC(C)OC(=O)/C=C/c1ccccc1.